The van der Waals surface area contributed by atoms with E-state index in [1.165, 1.54) is 30.2 Å². The third kappa shape index (κ3) is 6.07. The summed E-state index contributed by atoms with van der Waals surface area (Å²) in [5, 5.41) is 11.9. The van der Waals surface area contributed by atoms with Crippen molar-refractivity contribution in [3.05, 3.63) is 41.5 Å². The van der Waals surface area contributed by atoms with Gasteiger partial charge in [-0.25, -0.2) is 0 Å². The molecule has 0 aliphatic heterocycles. The molecule has 0 aromatic heterocycles. The summed E-state index contributed by atoms with van der Waals surface area (Å²) in [6.45, 7) is 2.42. The molecule has 1 aliphatic rings. The second-order valence-electron chi connectivity index (χ2n) is 6.29. The predicted octanol–water partition coefficient (Wildman–Crippen LogP) is 3.31. The minimum atomic E-state index is -0.143. The van der Waals surface area contributed by atoms with Crippen molar-refractivity contribution in [2.24, 2.45) is 0 Å². The zero-order valence-corrected chi connectivity index (χ0v) is 14.8. The number of nitrogens with zero attached hydrogens (tertiary/aromatic N) is 2. The molecule has 0 unspecified atom stereocenters. The molecule has 0 bridgehead atoms. The maximum atomic E-state index is 12.0. The Balaban J connectivity index is 1.82. The van der Waals surface area contributed by atoms with Gasteiger partial charge in [-0.3, -0.25) is 9.59 Å². The van der Waals surface area contributed by atoms with E-state index in [1.807, 2.05) is 0 Å². The van der Waals surface area contributed by atoms with Crippen LogP contribution >= 0.6 is 0 Å². The smallest absolute Gasteiger partial charge is 0.223 e. The largest absolute Gasteiger partial charge is 0.356 e. The summed E-state index contributed by atoms with van der Waals surface area (Å²) >= 11 is 0. The van der Waals surface area contributed by atoms with Gasteiger partial charge in [0.2, 0.25) is 11.8 Å². The average Bonchev–Trinajstić information content (AvgIpc) is 2.62. The number of anilines is 1. The highest BCUT2D eigenvalue weighted by Crippen LogP contribution is 2.19. The molecule has 0 radical (unpaired) electrons. The van der Waals surface area contributed by atoms with Crippen molar-refractivity contribution in [2.45, 2.75) is 45.4 Å². The lowest BCUT2D eigenvalue weighted by Crippen LogP contribution is -2.34. The maximum Gasteiger partial charge on any atom is 0.223 e. The maximum absolute atomic E-state index is 12.0. The van der Waals surface area contributed by atoms with E-state index in [-0.39, 0.29) is 18.2 Å². The summed E-state index contributed by atoms with van der Waals surface area (Å²) in [7, 11) is 0. The van der Waals surface area contributed by atoms with E-state index in [4.69, 9.17) is 5.26 Å². The van der Waals surface area contributed by atoms with Crippen LogP contribution in [0.1, 0.15) is 51.0 Å². The molecule has 1 N–H and O–H groups in total. The number of carbonyl (C=O) groups is 2. The fourth-order valence-electron chi connectivity index (χ4n) is 3.01. The Labute approximate surface area is 149 Å². The van der Waals surface area contributed by atoms with Crippen LogP contribution in [-0.2, 0) is 9.59 Å². The van der Waals surface area contributed by atoms with Crippen molar-refractivity contribution < 1.29 is 9.59 Å². The number of hydrogen-bond acceptors (Lipinski definition) is 3. The first kappa shape index (κ1) is 18.7. The Bertz CT molecular complexity index is 688. The SMILES string of the molecule is CC(=O)N(CCC(=O)NCCC1=CCCCC1)c1cccc(C#N)c1. The summed E-state index contributed by atoms with van der Waals surface area (Å²) in [6.07, 6.45) is 8.25. The van der Waals surface area contributed by atoms with Crippen LogP contribution in [0.5, 0.6) is 0 Å². The molecule has 1 aliphatic carbocycles. The number of hydrogen-bond donors (Lipinski definition) is 1. The number of nitrogens with one attached hydrogen (secondary N) is 1. The van der Waals surface area contributed by atoms with E-state index in [0.29, 0.717) is 24.3 Å². The molecule has 0 atom stereocenters. The Morgan fingerprint density at radius 1 is 1.32 bits per heavy atom. The molecule has 0 saturated carbocycles. The lowest BCUT2D eigenvalue weighted by atomic mass is 9.97. The summed E-state index contributed by atoms with van der Waals surface area (Å²) < 4.78 is 0. The monoisotopic (exact) mass is 339 g/mol. The quantitative estimate of drug-likeness (QED) is 0.775. The van der Waals surface area contributed by atoms with Gasteiger partial charge in [0.1, 0.15) is 0 Å². The highest BCUT2D eigenvalue weighted by Gasteiger charge is 2.14. The second kappa shape index (κ2) is 9.63. The highest BCUT2D eigenvalue weighted by atomic mass is 16.2. The molecule has 5 nitrogen and oxygen atoms in total. The van der Waals surface area contributed by atoms with Crippen LogP contribution in [0, 0.1) is 11.3 Å². The molecule has 2 rings (SSSR count). The standard InChI is InChI=1S/C20H25N3O2/c1-16(24)23(19-9-5-8-18(14-19)15-21)13-11-20(25)22-12-10-17-6-3-2-4-7-17/h5-6,8-9,14H,2-4,7,10-13H2,1H3,(H,22,25). The zero-order valence-electron chi connectivity index (χ0n) is 14.8. The van der Waals surface area contributed by atoms with Crippen LogP contribution < -0.4 is 10.2 Å². The van der Waals surface area contributed by atoms with Gasteiger partial charge in [0.25, 0.3) is 0 Å². The van der Waals surface area contributed by atoms with Crippen LogP contribution in [0.3, 0.4) is 0 Å². The Morgan fingerprint density at radius 2 is 2.16 bits per heavy atom. The van der Waals surface area contributed by atoms with Crippen molar-refractivity contribution in [1.29, 1.82) is 5.26 Å². The first-order chi connectivity index (χ1) is 12.1. The van der Waals surface area contributed by atoms with Crippen LogP contribution in [0.4, 0.5) is 5.69 Å². The number of allylic oxidation sites excluding steroid dienone is 1. The number of rotatable bonds is 7. The predicted molar refractivity (Wildman–Crippen MR) is 98.0 cm³/mol. The third-order valence-electron chi connectivity index (χ3n) is 4.38. The van der Waals surface area contributed by atoms with Gasteiger partial charge in [-0.05, 0) is 50.3 Å². The van der Waals surface area contributed by atoms with Crippen molar-refractivity contribution >= 4 is 17.5 Å². The molecule has 0 spiro atoms. The molecule has 0 fully saturated rings. The van der Waals surface area contributed by atoms with Gasteiger partial charge in [-0.1, -0.05) is 17.7 Å². The summed E-state index contributed by atoms with van der Waals surface area (Å²) in [5.41, 5.74) is 2.57. The second-order valence-corrected chi connectivity index (χ2v) is 6.29. The van der Waals surface area contributed by atoms with Crippen molar-refractivity contribution in [1.82, 2.24) is 5.32 Å². The molecule has 25 heavy (non-hydrogen) atoms. The van der Waals surface area contributed by atoms with E-state index >= 15 is 0 Å². The number of benzene rings is 1. The van der Waals surface area contributed by atoms with E-state index in [2.05, 4.69) is 17.5 Å². The molecule has 1 aromatic rings. The van der Waals surface area contributed by atoms with Crippen LogP contribution in [0.25, 0.3) is 0 Å². The van der Waals surface area contributed by atoms with E-state index in [0.717, 1.165) is 19.3 Å². The molecule has 0 heterocycles. The molecule has 5 heteroatoms. The van der Waals surface area contributed by atoms with Crippen molar-refractivity contribution in [3.8, 4) is 6.07 Å². The Hall–Kier alpha value is -2.61. The van der Waals surface area contributed by atoms with Gasteiger partial charge in [0.05, 0.1) is 11.6 Å². The van der Waals surface area contributed by atoms with E-state index in [1.54, 1.807) is 24.3 Å². The first-order valence-electron chi connectivity index (χ1n) is 8.83. The fourth-order valence-corrected chi connectivity index (χ4v) is 3.01. The normalized spacial score (nSPS) is 13.5. The highest BCUT2D eigenvalue weighted by molar-refractivity contribution is 5.92. The lowest BCUT2D eigenvalue weighted by Gasteiger charge is -2.21. The molecule has 1 aromatic carbocycles. The van der Waals surface area contributed by atoms with Crippen molar-refractivity contribution in [2.75, 3.05) is 18.0 Å². The van der Waals surface area contributed by atoms with Crippen molar-refractivity contribution in [3.63, 3.8) is 0 Å². The first-order valence-corrected chi connectivity index (χ1v) is 8.83. The van der Waals surface area contributed by atoms with Crippen LogP contribution in [0.2, 0.25) is 0 Å². The minimum Gasteiger partial charge on any atom is -0.356 e. The topological polar surface area (TPSA) is 73.2 Å². The zero-order chi connectivity index (χ0) is 18.1. The number of amides is 2. The van der Waals surface area contributed by atoms with Gasteiger partial charge >= 0.3 is 0 Å². The molecule has 0 saturated heterocycles. The van der Waals surface area contributed by atoms with E-state index in [9.17, 15) is 9.59 Å². The molecular formula is C20H25N3O2. The van der Waals surface area contributed by atoms with E-state index < -0.39 is 0 Å². The number of carbonyl (C=O) groups excluding carboxylic acids is 2. The van der Waals surface area contributed by atoms with Gasteiger partial charge in [-0.15, -0.1) is 0 Å². The van der Waals surface area contributed by atoms with Gasteiger partial charge in [-0.2, -0.15) is 5.26 Å². The van der Waals surface area contributed by atoms with Crippen LogP contribution in [0.15, 0.2) is 35.9 Å². The van der Waals surface area contributed by atoms with Gasteiger partial charge in [0.15, 0.2) is 0 Å². The minimum absolute atomic E-state index is 0.0564. The summed E-state index contributed by atoms with van der Waals surface area (Å²) in [6, 6.07) is 8.92. The Kier molecular flexibility index (Phi) is 7.21. The summed E-state index contributed by atoms with van der Waals surface area (Å²) in [4.78, 5) is 25.5. The number of nitriles is 1. The van der Waals surface area contributed by atoms with Gasteiger partial charge < -0.3 is 10.2 Å². The third-order valence-corrected chi connectivity index (χ3v) is 4.38. The molecule has 2 amide bonds. The van der Waals surface area contributed by atoms with Gasteiger partial charge in [0, 0.05) is 32.1 Å². The van der Waals surface area contributed by atoms with Crippen LogP contribution in [-0.4, -0.2) is 24.9 Å². The lowest BCUT2D eigenvalue weighted by molar-refractivity contribution is -0.121. The Morgan fingerprint density at radius 3 is 2.84 bits per heavy atom. The average molecular weight is 339 g/mol. The summed E-state index contributed by atoms with van der Waals surface area (Å²) in [5.74, 6) is -0.200. The molecule has 132 valence electrons. The molecular weight excluding hydrogens is 314 g/mol. The fraction of sp³-hybridized carbons (Fsp3) is 0.450.